The number of imidazole rings is 1. The first-order valence-electron chi connectivity index (χ1n) is 3.96. The number of nitrogens with zero attached hydrogens (tertiary/aromatic N) is 3. The first kappa shape index (κ1) is 8.80. The summed E-state index contributed by atoms with van der Waals surface area (Å²) >= 11 is 0. The molecular weight excluding hydrogens is 178 g/mol. The summed E-state index contributed by atoms with van der Waals surface area (Å²) in [6.45, 7) is 0. The van der Waals surface area contributed by atoms with Crippen molar-refractivity contribution >= 4 is 26.6 Å². The SMILES string of the molecule is [B][B]NC(=O)c1ccc2nccn2n1. The molecule has 0 aliphatic carbocycles. The van der Waals surface area contributed by atoms with Gasteiger partial charge in [0.1, 0.15) is 5.69 Å². The van der Waals surface area contributed by atoms with E-state index < -0.39 is 0 Å². The van der Waals surface area contributed by atoms with Crippen LogP contribution in [-0.2, 0) is 0 Å². The number of aromatic nitrogens is 3. The van der Waals surface area contributed by atoms with E-state index in [2.05, 4.69) is 15.3 Å². The maximum Gasteiger partial charge on any atom is 0.258 e. The van der Waals surface area contributed by atoms with Crippen LogP contribution < -0.4 is 5.23 Å². The Kier molecular flexibility index (Phi) is 2.22. The predicted molar refractivity (Wildman–Crippen MR) is 52.0 cm³/mol. The van der Waals surface area contributed by atoms with Crippen molar-refractivity contribution in [1.29, 1.82) is 0 Å². The van der Waals surface area contributed by atoms with Gasteiger partial charge in [-0.3, -0.25) is 4.79 Å². The molecule has 0 spiro atoms. The van der Waals surface area contributed by atoms with E-state index in [4.69, 9.17) is 7.74 Å². The summed E-state index contributed by atoms with van der Waals surface area (Å²) in [7, 11) is 6.13. The monoisotopic (exact) mass is 183 g/mol. The molecule has 65 valence electrons. The summed E-state index contributed by atoms with van der Waals surface area (Å²) in [5, 5.41) is 6.36. The third-order valence-electron chi connectivity index (χ3n) is 1.70. The van der Waals surface area contributed by atoms with E-state index in [-0.39, 0.29) is 11.6 Å². The van der Waals surface area contributed by atoms with Crippen molar-refractivity contribution in [3.05, 3.63) is 30.2 Å². The summed E-state index contributed by atoms with van der Waals surface area (Å²) in [4.78, 5) is 15.3. The molecule has 2 heterocycles. The van der Waals surface area contributed by atoms with Gasteiger partial charge < -0.3 is 5.23 Å². The van der Waals surface area contributed by atoms with Crippen LogP contribution in [0.15, 0.2) is 24.5 Å². The second-order valence-electron chi connectivity index (χ2n) is 2.59. The van der Waals surface area contributed by atoms with Crippen LogP contribution in [0, 0.1) is 0 Å². The molecule has 3 radical (unpaired) electrons. The minimum Gasteiger partial charge on any atom is -0.407 e. The molecule has 5 nitrogen and oxygen atoms in total. The highest BCUT2D eigenvalue weighted by Gasteiger charge is 2.06. The fourth-order valence-electron chi connectivity index (χ4n) is 1.09. The lowest BCUT2D eigenvalue weighted by Gasteiger charge is -2.00. The molecule has 2 aromatic heterocycles. The summed E-state index contributed by atoms with van der Waals surface area (Å²) in [5.74, 6) is -0.344. The summed E-state index contributed by atoms with van der Waals surface area (Å²) in [6.07, 6.45) is 3.28. The van der Waals surface area contributed by atoms with Gasteiger partial charge in [0.05, 0.1) is 0 Å². The van der Waals surface area contributed by atoms with E-state index in [1.807, 2.05) is 0 Å². The molecule has 7 heteroatoms. The smallest absolute Gasteiger partial charge is 0.258 e. The van der Waals surface area contributed by atoms with Crippen LogP contribution in [0.4, 0.5) is 0 Å². The van der Waals surface area contributed by atoms with Gasteiger partial charge in [0.2, 0.25) is 0 Å². The zero-order chi connectivity index (χ0) is 9.97. The van der Waals surface area contributed by atoms with Crippen LogP contribution in [0.1, 0.15) is 10.5 Å². The van der Waals surface area contributed by atoms with Crippen molar-refractivity contribution in [2.45, 2.75) is 0 Å². The third-order valence-corrected chi connectivity index (χ3v) is 1.70. The second-order valence-corrected chi connectivity index (χ2v) is 2.59. The maximum absolute atomic E-state index is 11.3. The fourth-order valence-corrected chi connectivity index (χ4v) is 1.09. The van der Waals surface area contributed by atoms with Gasteiger partial charge in [-0.15, -0.1) is 0 Å². The highest BCUT2D eigenvalue weighted by molar-refractivity contribution is 6.89. The molecule has 0 unspecified atom stereocenters. The quantitative estimate of drug-likeness (QED) is 0.617. The topological polar surface area (TPSA) is 59.3 Å². The van der Waals surface area contributed by atoms with Crippen LogP contribution in [0.5, 0.6) is 0 Å². The molecule has 0 bridgehead atoms. The van der Waals surface area contributed by atoms with Crippen molar-refractivity contribution in [1.82, 2.24) is 19.8 Å². The second kappa shape index (κ2) is 3.53. The van der Waals surface area contributed by atoms with Crippen LogP contribution >= 0.6 is 0 Å². The lowest BCUT2D eigenvalue weighted by atomic mass is 9.67. The first-order chi connectivity index (χ1) is 6.81. The molecule has 0 aromatic carbocycles. The van der Waals surface area contributed by atoms with Crippen LogP contribution in [0.3, 0.4) is 0 Å². The van der Waals surface area contributed by atoms with E-state index >= 15 is 0 Å². The fraction of sp³-hybridized carbons (Fsp3) is 0. The van der Waals surface area contributed by atoms with Crippen molar-refractivity contribution < 1.29 is 4.79 Å². The Morgan fingerprint density at radius 3 is 3.21 bits per heavy atom. The van der Waals surface area contributed by atoms with Gasteiger partial charge in [0.25, 0.3) is 5.91 Å². The maximum atomic E-state index is 11.3. The first-order valence-corrected chi connectivity index (χ1v) is 3.96. The molecule has 2 rings (SSSR count). The Balaban J connectivity index is 2.38. The molecule has 0 fully saturated rings. The van der Waals surface area contributed by atoms with E-state index in [0.717, 1.165) is 7.31 Å². The average molecular weight is 183 g/mol. The Labute approximate surface area is 82.2 Å². The van der Waals surface area contributed by atoms with E-state index in [9.17, 15) is 4.79 Å². The number of carbonyl (C=O) groups is 1. The number of fused-ring (bicyclic) bond motifs is 1. The molecule has 0 atom stereocenters. The van der Waals surface area contributed by atoms with Gasteiger partial charge in [-0.25, -0.2) is 9.50 Å². The minimum atomic E-state index is -0.344. The minimum absolute atomic E-state index is 0.289. The number of hydrogen-bond donors (Lipinski definition) is 1. The summed E-state index contributed by atoms with van der Waals surface area (Å²) < 4.78 is 1.52. The summed E-state index contributed by atoms with van der Waals surface area (Å²) in [5.41, 5.74) is 0.982. The lowest BCUT2D eigenvalue weighted by Crippen LogP contribution is -2.28. The number of rotatable bonds is 2. The van der Waals surface area contributed by atoms with Crippen molar-refractivity contribution in [3.8, 4) is 0 Å². The molecule has 0 saturated heterocycles. The molecule has 0 saturated carbocycles. The molecular formula is C7H5B2N4O. The number of hydrogen-bond acceptors (Lipinski definition) is 3. The van der Waals surface area contributed by atoms with Gasteiger partial charge >= 0.3 is 0 Å². The van der Waals surface area contributed by atoms with Gasteiger partial charge in [-0.1, -0.05) is 0 Å². The third kappa shape index (κ3) is 1.48. The Bertz CT molecular complexity index is 469. The largest absolute Gasteiger partial charge is 0.407 e. The predicted octanol–water partition coefficient (Wildman–Crippen LogP) is -0.838. The van der Waals surface area contributed by atoms with Crippen molar-refractivity contribution in [3.63, 3.8) is 0 Å². The van der Waals surface area contributed by atoms with Gasteiger partial charge in [-0.2, -0.15) is 5.10 Å². The van der Waals surface area contributed by atoms with Gasteiger partial charge in [-0.05, 0) is 12.1 Å². The van der Waals surface area contributed by atoms with Crippen molar-refractivity contribution in [2.24, 2.45) is 0 Å². The molecule has 2 aromatic rings. The number of carbonyl (C=O) groups excluding carboxylic acids is 1. The molecule has 0 aliphatic heterocycles. The van der Waals surface area contributed by atoms with E-state index in [0.29, 0.717) is 5.65 Å². The van der Waals surface area contributed by atoms with Crippen LogP contribution in [-0.4, -0.2) is 35.5 Å². The summed E-state index contributed by atoms with van der Waals surface area (Å²) in [6, 6.07) is 3.29. The number of nitrogens with one attached hydrogen (secondary N) is 1. The Hall–Kier alpha value is -1.78. The molecule has 14 heavy (non-hydrogen) atoms. The van der Waals surface area contributed by atoms with Crippen molar-refractivity contribution in [2.75, 3.05) is 0 Å². The average Bonchev–Trinajstić information content (AvgIpc) is 2.64. The highest BCUT2D eigenvalue weighted by Crippen LogP contribution is 1.99. The lowest BCUT2D eigenvalue weighted by molar-refractivity contribution is 0.0975. The van der Waals surface area contributed by atoms with E-state index in [1.165, 1.54) is 4.52 Å². The van der Waals surface area contributed by atoms with Gasteiger partial charge in [0, 0.05) is 20.1 Å². The normalized spacial score (nSPS) is 10.0. The van der Waals surface area contributed by atoms with Crippen LogP contribution in [0.2, 0.25) is 0 Å². The number of amides is 1. The zero-order valence-corrected chi connectivity index (χ0v) is 7.21. The van der Waals surface area contributed by atoms with Crippen LogP contribution in [0.25, 0.3) is 5.65 Å². The standard InChI is InChI=1S/C7H5B2N4O/c8-9-11-7(14)5-1-2-6-10-3-4-13(6)12-5/h1-4H,(H,11,14). The molecule has 1 N–H and O–H groups in total. The van der Waals surface area contributed by atoms with E-state index in [1.54, 1.807) is 24.5 Å². The Morgan fingerprint density at radius 2 is 2.43 bits per heavy atom. The molecule has 0 aliphatic rings. The molecule has 1 amide bonds. The zero-order valence-electron chi connectivity index (χ0n) is 7.21. The van der Waals surface area contributed by atoms with Gasteiger partial charge in [0.15, 0.2) is 13.0 Å². The highest BCUT2D eigenvalue weighted by atomic mass is 16.1. The Morgan fingerprint density at radius 1 is 1.57 bits per heavy atom.